The quantitative estimate of drug-likeness (QED) is 0.471. The third-order valence-electron chi connectivity index (χ3n) is 0. The molecule has 0 spiro atoms. The maximum absolute atomic E-state index is 3.26. The minimum Gasteiger partial charge on any atom is 0 e. The molecule has 0 nitrogen and oxygen atoms in total. The van der Waals surface area contributed by atoms with E-state index in [1.54, 1.807) is 17.7 Å². The summed E-state index contributed by atoms with van der Waals surface area (Å²) in [6, 6.07) is 0. The van der Waals surface area contributed by atoms with Crippen LogP contribution in [-0.2, 0) is 92.4 Å². The summed E-state index contributed by atoms with van der Waals surface area (Å²) in [6.45, 7) is 0. The van der Waals surface area contributed by atoms with E-state index in [4.69, 9.17) is 0 Å². The van der Waals surface area contributed by atoms with E-state index in [0.717, 1.165) is 0 Å². The number of rotatable bonds is 0. The van der Waals surface area contributed by atoms with Gasteiger partial charge in [-0.2, -0.15) is 0 Å². The molecule has 0 fully saturated rings. The first kappa shape index (κ1) is 24.1. The summed E-state index contributed by atoms with van der Waals surface area (Å²) in [4.78, 5) is 0. The maximum atomic E-state index is 3.26. The summed E-state index contributed by atoms with van der Waals surface area (Å²) in [5, 5.41) is 0. The van der Waals surface area contributed by atoms with Gasteiger partial charge in [-0.25, -0.2) is 0 Å². The number of hydrogen-bond donors (Lipinski definition) is 0. The van der Waals surface area contributed by atoms with Crippen LogP contribution in [0.15, 0.2) is 0 Å². The van der Waals surface area contributed by atoms with Crippen molar-refractivity contribution in [3.05, 3.63) is 0 Å². The molecule has 5 heavy (non-hydrogen) atoms. The third-order valence-corrected chi connectivity index (χ3v) is 0. The van der Waals surface area contributed by atoms with Crippen molar-refractivity contribution >= 4 is 0 Å². The molecule has 0 bridgehead atoms. The maximum Gasteiger partial charge on any atom is 0 e. The van der Waals surface area contributed by atoms with Gasteiger partial charge in [-0.3, -0.25) is 0 Å². The van der Waals surface area contributed by atoms with Crippen molar-refractivity contribution in [3.63, 3.8) is 0 Å². The molecule has 5 heteroatoms. The molecule has 29 valence electrons. The Balaban J connectivity index is -0.00000000167. The summed E-state index contributed by atoms with van der Waals surface area (Å²) in [7, 11) is 0. The zero-order valence-corrected chi connectivity index (χ0v) is 11.1. The van der Waals surface area contributed by atoms with Crippen LogP contribution in [0.1, 0.15) is 0 Å². The van der Waals surface area contributed by atoms with E-state index in [1.807, 2.05) is 0 Å². The summed E-state index contributed by atoms with van der Waals surface area (Å²) in [5.41, 5.74) is 0. The minimum atomic E-state index is 0. The van der Waals surface area contributed by atoms with Crippen LogP contribution in [0.25, 0.3) is 0 Å². The zero-order chi connectivity index (χ0) is 2.00. The SMILES string of the molecule is [Fe][Mo].[Ti].[V].[W]. The Kier molecular flexibility index (Phi) is 130. The molecule has 0 aromatic heterocycles. The molecule has 0 aliphatic heterocycles. The summed E-state index contributed by atoms with van der Waals surface area (Å²) in [5.74, 6) is 0. The van der Waals surface area contributed by atoms with E-state index < -0.39 is 0 Å². The van der Waals surface area contributed by atoms with Gasteiger partial charge in [0.2, 0.25) is 0 Å². The predicted molar refractivity (Wildman–Crippen MR) is 0 cm³/mol. The van der Waals surface area contributed by atoms with Crippen LogP contribution in [0.2, 0.25) is 0 Å². The number of hydrogen-bond acceptors (Lipinski definition) is 0. The topological polar surface area (TPSA) is 0 Å². The van der Waals surface area contributed by atoms with Gasteiger partial charge in [0.15, 0.2) is 0 Å². The minimum absolute atomic E-state index is 0. The van der Waals surface area contributed by atoms with E-state index in [0.29, 0.717) is 0 Å². The summed E-state index contributed by atoms with van der Waals surface area (Å²) < 4.78 is 0. The first-order valence-corrected chi connectivity index (χ1v) is 3.52. The molecule has 0 rings (SSSR count). The normalized spacial score (nSPS) is 1.00. The first-order chi connectivity index (χ1) is 1.00. The molecule has 0 aromatic rings. The van der Waals surface area contributed by atoms with Gasteiger partial charge in [0.05, 0.1) is 0 Å². The third kappa shape index (κ3) is 19.0. The molecule has 0 amide bonds. The average molecular weight is 434 g/mol. The van der Waals surface area contributed by atoms with Gasteiger partial charge in [-0.05, 0) is 0 Å². The zero-order valence-electron chi connectivity index (χ0n) is 2.12. The fourth-order valence-corrected chi connectivity index (χ4v) is 0. The molecule has 0 aromatic carbocycles. The van der Waals surface area contributed by atoms with Crippen molar-refractivity contribution in [2.45, 2.75) is 0 Å². The molecule has 0 unspecified atom stereocenters. The first-order valence-electron chi connectivity index (χ1n) is 0.144. The van der Waals surface area contributed by atoms with E-state index >= 15 is 0 Å². The van der Waals surface area contributed by atoms with Crippen molar-refractivity contribution in [2.24, 2.45) is 0 Å². The van der Waals surface area contributed by atoms with Crippen LogP contribution in [0.4, 0.5) is 0 Å². The van der Waals surface area contributed by atoms with Gasteiger partial charge in [-0.15, -0.1) is 0 Å². The largest absolute Gasteiger partial charge is 0 e. The van der Waals surface area contributed by atoms with Crippen molar-refractivity contribution in [2.75, 3.05) is 0 Å². The van der Waals surface area contributed by atoms with Crippen molar-refractivity contribution in [3.8, 4) is 0 Å². The smallest absolute Gasteiger partial charge is 0 e. The van der Waals surface area contributed by atoms with Gasteiger partial charge in [0.25, 0.3) is 0 Å². The van der Waals surface area contributed by atoms with Crippen LogP contribution in [0.3, 0.4) is 0 Å². The Morgan fingerprint density at radius 2 is 1.20 bits per heavy atom. The van der Waals surface area contributed by atoms with Gasteiger partial charge in [-0.1, -0.05) is 0 Å². The van der Waals surface area contributed by atoms with E-state index in [9.17, 15) is 0 Å². The van der Waals surface area contributed by atoms with Crippen LogP contribution >= 0.6 is 0 Å². The second-order valence-corrected chi connectivity index (χ2v) is 0. The second-order valence-electron chi connectivity index (χ2n) is 0. The van der Waals surface area contributed by atoms with E-state index in [-0.39, 0.29) is 61.3 Å². The molecular formula is FeMoTiVW. The van der Waals surface area contributed by atoms with Crippen molar-refractivity contribution < 1.29 is 92.4 Å². The summed E-state index contributed by atoms with van der Waals surface area (Å²) >= 11 is 4.96. The van der Waals surface area contributed by atoms with Gasteiger partial charge in [0.1, 0.15) is 0 Å². The predicted octanol–water partition coefficient (Wildman–Crippen LogP) is -0.0125. The molecule has 0 aliphatic rings. The molecular weight excluding hydrogens is 434 g/mol. The standard InChI is InChI=1S/Fe.Mo.Ti.V.W. The Morgan fingerprint density at radius 3 is 1.20 bits per heavy atom. The monoisotopic (exact) mass is 437 g/mol. The fourth-order valence-electron chi connectivity index (χ4n) is 0. The van der Waals surface area contributed by atoms with E-state index in [2.05, 4.69) is 13.4 Å². The Hall–Kier alpha value is 3.19. The van der Waals surface area contributed by atoms with Gasteiger partial charge >= 0.3 is 31.1 Å². The molecule has 0 heterocycles. The van der Waals surface area contributed by atoms with Crippen LogP contribution in [0.5, 0.6) is 0 Å². The Bertz CT molecular complexity index is 11.6. The summed E-state index contributed by atoms with van der Waals surface area (Å²) in [6.07, 6.45) is 0. The average Bonchev–Trinajstić information content (AvgIpc) is 1.00. The fraction of sp³-hybridized carbons (Fsp3) is 0. The molecule has 0 saturated heterocycles. The molecule has 0 saturated carbocycles. The molecule has 0 N–H and O–H groups in total. The van der Waals surface area contributed by atoms with Gasteiger partial charge in [0, 0.05) is 61.3 Å². The van der Waals surface area contributed by atoms with E-state index in [1.165, 1.54) is 0 Å². The van der Waals surface area contributed by atoms with Crippen LogP contribution in [0, 0.1) is 0 Å². The molecule has 0 atom stereocenters. The Labute approximate surface area is 90.7 Å². The Morgan fingerprint density at radius 1 is 1.20 bits per heavy atom. The van der Waals surface area contributed by atoms with Crippen LogP contribution in [-0.4, -0.2) is 0 Å². The van der Waals surface area contributed by atoms with Crippen molar-refractivity contribution in [1.82, 2.24) is 0 Å². The van der Waals surface area contributed by atoms with Crippen LogP contribution < -0.4 is 0 Å². The van der Waals surface area contributed by atoms with Gasteiger partial charge < -0.3 is 0 Å². The molecule has 0 aliphatic carbocycles. The second kappa shape index (κ2) is 27.1. The van der Waals surface area contributed by atoms with Crippen molar-refractivity contribution in [1.29, 1.82) is 0 Å². The molecule has 1 radical (unpaired) electrons.